The van der Waals surface area contributed by atoms with E-state index in [1.165, 1.54) is 0 Å². The van der Waals surface area contributed by atoms with Gasteiger partial charge < -0.3 is 9.88 Å². The Balaban J connectivity index is 1.24. The Labute approximate surface area is 180 Å². The molecule has 2 aliphatic carbocycles. The molecule has 0 atom stereocenters. The minimum absolute atomic E-state index is 0.000454. The van der Waals surface area contributed by atoms with E-state index in [-0.39, 0.29) is 17.9 Å². The number of nitrogens with one attached hydrogen (secondary N) is 1. The van der Waals surface area contributed by atoms with Crippen LogP contribution in [0.1, 0.15) is 48.5 Å². The van der Waals surface area contributed by atoms with Crippen LogP contribution in [0.2, 0.25) is 0 Å². The van der Waals surface area contributed by atoms with Gasteiger partial charge in [-0.05, 0) is 56.2 Å². The second kappa shape index (κ2) is 7.45. The number of fused-ring (bicyclic) bond motifs is 1. The van der Waals surface area contributed by atoms with Gasteiger partial charge in [-0.15, -0.1) is 11.3 Å². The van der Waals surface area contributed by atoms with E-state index in [2.05, 4.69) is 27.8 Å². The van der Waals surface area contributed by atoms with Crippen molar-refractivity contribution in [1.82, 2.24) is 9.88 Å². The molecule has 5 rings (SSSR count). The van der Waals surface area contributed by atoms with Crippen LogP contribution in [0.3, 0.4) is 0 Å². The number of hydrogen-bond acceptors (Lipinski definition) is 3. The Morgan fingerprint density at radius 1 is 1.17 bits per heavy atom. The van der Waals surface area contributed by atoms with Crippen LogP contribution in [0.15, 0.2) is 48.0 Å². The average Bonchev–Trinajstić information content (AvgIpc) is 3.26. The summed E-state index contributed by atoms with van der Waals surface area (Å²) in [5, 5.41) is 5.16. The lowest BCUT2D eigenvalue weighted by Gasteiger charge is -2.57. The van der Waals surface area contributed by atoms with E-state index in [4.69, 9.17) is 0 Å². The van der Waals surface area contributed by atoms with Crippen LogP contribution in [0, 0.1) is 23.2 Å². The normalized spacial score (nSPS) is 24.6. The summed E-state index contributed by atoms with van der Waals surface area (Å²) in [4.78, 5) is 24.4. The molecule has 1 aromatic carbocycles. The first-order chi connectivity index (χ1) is 14.5. The molecule has 2 heterocycles. The fourth-order valence-electron chi connectivity index (χ4n) is 5.01. The van der Waals surface area contributed by atoms with E-state index >= 15 is 0 Å². The molecule has 0 aliphatic heterocycles. The number of carbonyl (C=O) groups is 2. The lowest BCUT2D eigenvalue weighted by atomic mass is 9.49. The van der Waals surface area contributed by atoms with Gasteiger partial charge in [-0.1, -0.05) is 30.0 Å². The fourth-order valence-corrected chi connectivity index (χ4v) is 5.95. The number of thiophene rings is 1. The molecule has 30 heavy (non-hydrogen) atoms. The number of aromatic nitrogens is 1. The number of benzene rings is 1. The third-order valence-corrected chi connectivity index (χ3v) is 7.55. The van der Waals surface area contributed by atoms with Gasteiger partial charge in [0, 0.05) is 29.1 Å². The number of hydrogen-bond donors (Lipinski definition) is 1. The van der Waals surface area contributed by atoms with Crippen molar-refractivity contribution < 1.29 is 9.59 Å². The molecule has 0 radical (unpaired) electrons. The predicted molar refractivity (Wildman–Crippen MR) is 119 cm³/mol. The summed E-state index contributed by atoms with van der Waals surface area (Å²) in [6, 6.07) is 12.2. The Kier molecular flexibility index (Phi) is 4.75. The molecular formula is C25H24N2O2S. The summed E-state index contributed by atoms with van der Waals surface area (Å²) in [5.41, 5.74) is 3.00. The summed E-state index contributed by atoms with van der Waals surface area (Å²) in [5.74, 6) is 6.95. The topological polar surface area (TPSA) is 51.1 Å². The number of Topliss-reactive ketones (excluding diaryl/α,β-unsaturated/α-hetero) is 1. The van der Waals surface area contributed by atoms with Crippen LogP contribution in [0.25, 0.3) is 10.2 Å². The fraction of sp³-hybridized carbons (Fsp3) is 0.360. The highest BCUT2D eigenvalue weighted by atomic mass is 32.1. The second-order valence-corrected chi connectivity index (χ2v) is 9.68. The van der Waals surface area contributed by atoms with Crippen LogP contribution in [0.5, 0.6) is 0 Å². The van der Waals surface area contributed by atoms with Gasteiger partial charge in [-0.2, -0.15) is 0 Å². The van der Waals surface area contributed by atoms with Gasteiger partial charge in [-0.3, -0.25) is 9.59 Å². The van der Waals surface area contributed by atoms with Crippen LogP contribution < -0.4 is 5.32 Å². The van der Waals surface area contributed by atoms with E-state index < -0.39 is 0 Å². The van der Waals surface area contributed by atoms with Crippen molar-refractivity contribution in [3.05, 3.63) is 59.1 Å². The van der Waals surface area contributed by atoms with Crippen LogP contribution >= 0.6 is 11.3 Å². The van der Waals surface area contributed by atoms with Crippen molar-refractivity contribution in [2.75, 3.05) is 0 Å². The molecule has 1 amide bonds. The predicted octanol–water partition coefficient (Wildman–Crippen LogP) is 4.63. The Morgan fingerprint density at radius 3 is 2.67 bits per heavy atom. The maximum Gasteiger partial charge on any atom is 0.254 e. The highest BCUT2D eigenvalue weighted by Gasteiger charge is 2.54. The highest BCUT2D eigenvalue weighted by molar-refractivity contribution is 7.17. The van der Waals surface area contributed by atoms with Gasteiger partial charge in [0.2, 0.25) is 0 Å². The Bertz CT molecular complexity index is 1160. The number of nitrogens with zero attached hydrogens (tertiary/aromatic N) is 1. The monoisotopic (exact) mass is 416 g/mol. The summed E-state index contributed by atoms with van der Waals surface area (Å²) >= 11 is 1.60. The van der Waals surface area contributed by atoms with E-state index in [0.29, 0.717) is 17.7 Å². The summed E-state index contributed by atoms with van der Waals surface area (Å²) in [6.45, 7) is 2.24. The minimum Gasteiger partial charge on any atom is -0.349 e. The van der Waals surface area contributed by atoms with Crippen molar-refractivity contribution >= 4 is 33.2 Å². The molecule has 2 aliphatic rings. The second-order valence-electron chi connectivity index (χ2n) is 8.77. The molecule has 5 heteroatoms. The zero-order chi connectivity index (χ0) is 20.7. The number of rotatable bonds is 4. The van der Waals surface area contributed by atoms with E-state index in [9.17, 15) is 9.59 Å². The van der Waals surface area contributed by atoms with Crippen molar-refractivity contribution in [2.45, 2.75) is 45.2 Å². The first-order valence-electron chi connectivity index (χ1n) is 10.4. The van der Waals surface area contributed by atoms with E-state index in [0.717, 1.165) is 47.0 Å². The zero-order valence-corrected chi connectivity index (χ0v) is 17.8. The minimum atomic E-state index is -0.000454. The van der Waals surface area contributed by atoms with Crippen molar-refractivity contribution in [2.24, 2.45) is 11.3 Å². The largest absolute Gasteiger partial charge is 0.349 e. The quantitative estimate of drug-likeness (QED) is 0.631. The average molecular weight is 417 g/mol. The number of carbonyl (C=O) groups excluding carboxylic acids is 2. The van der Waals surface area contributed by atoms with Crippen LogP contribution in [-0.2, 0) is 11.3 Å². The van der Waals surface area contributed by atoms with Gasteiger partial charge in [0.05, 0.1) is 22.3 Å². The first-order valence-corrected chi connectivity index (χ1v) is 11.3. The number of ketones is 1. The van der Waals surface area contributed by atoms with Gasteiger partial charge in [0.25, 0.3) is 5.91 Å². The third-order valence-electron chi connectivity index (χ3n) is 6.61. The van der Waals surface area contributed by atoms with Crippen LogP contribution in [0.4, 0.5) is 0 Å². The SMILES string of the molecule is CC(=O)C1CC2(CC(NC(=O)c3csc4ccn(CC#Cc5ccccc5)c34)C2)C1. The maximum atomic E-state index is 13.0. The van der Waals surface area contributed by atoms with Crippen molar-refractivity contribution in [3.63, 3.8) is 0 Å². The number of amides is 1. The maximum absolute atomic E-state index is 13.0. The van der Waals surface area contributed by atoms with Gasteiger partial charge in [0.15, 0.2) is 0 Å². The van der Waals surface area contributed by atoms with Gasteiger partial charge in [0.1, 0.15) is 5.78 Å². The molecule has 152 valence electrons. The highest BCUT2D eigenvalue weighted by Crippen LogP contribution is 2.58. The molecule has 4 nitrogen and oxygen atoms in total. The molecule has 3 aromatic rings. The van der Waals surface area contributed by atoms with E-state index in [1.54, 1.807) is 18.3 Å². The Morgan fingerprint density at radius 2 is 1.93 bits per heavy atom. The van der Waals surface area contributed by atoms with Crippen LogP contribution in [-0.4, -0.2) is 22.3 Å². The van der Waals surface area contributed by atoms with E-state index in [1.807, 2.05) is 41.9 Å². The summed E-state index contributed by atoms with van der Waals surface area (Å²) in [6.07, 6.45) is 6.01. The van der Waals surface area contributed by atoms with Gasteiger partial charge in [-0.25, -0.2) is 0 Å². The van der Waals surface area contributed by atoms with Crippen molar-refractivity contribution in [3.8, 4) is 11.8 Å². The zero-order valence-electron chi connectivity index (χ0n) is 17.0. The lowest BCUT2D eigenvalue weighted by Crippen LogP contribution is -2.57. The molecule has 1 spiro atoms. The molecule has 2 saturated carbocycles. The molecule has 2 aromatic heterocycles. The first kappa shape index (κ1) is 19.1. The molecular weight excluding hydrogens is 392 g/mol. The standard InChI is InChI=1S/C25H24N2O2S/c1-17(28)19-12-25(13-19)14-20(15-25)26-24(29)21-16-30-22-9-11-27(23(21)22)10-5-8-18-6-3-2-4-7-18/h2-4,6-7,9,11,16,19-20H,10,12-15H2,1H3,(H,26,29). The summed E-state index contributed by atoms with van der Waals surface area (Å²) in [7, 11) is 0. The summed E-state index contributed by atoms with van der Waals surface area (Å²) < 4.78 is 3.16. The van der Waals surface area contributed by atoms with Gasteiger partial charge >= 0.3 is 0 Å². The molecule has 1 N–H and O–H groups in total. The molecule has 0 unspecified atom stereocenters. The molecule has 2 fully saturated rings. The molecule has 0 saturated heterocycles. The van der Waals surface area contributed by atoms with Crippen molar-refractivity contribution in [1.29, 1.82) is 0 Å². The molecule has 0 bridgehead atoms. The smallest absolute Gasteiger partial charge is 0.254 e. The lowest BCUT2D eigenvalue weighted by molar-refractivity contribution is -0.134. The third kappa shape index (κ3) is 3.46. The Hall–Kier alpha value is -2.84.